The number of benzene rings is 2. The molecule has 0 aliphatic carbocycles. The van der Waals surface area contributed by atoms with E-state index in [4.69, 9.17) is 0 Å². The fraction of sp³-hybridized carbons (Fsp3) is 0.353. The van der Waals surface area contributed by atoms with Gasteiger partial charge in [0.2, 0.25) is 0 Å². The fourth-order valence-corrected chi connectivity index (χ4v) is 3.08. The van der Waals surface area contributed by atoms with Crippen LogP contribution in [-0.2, 0) is 0 Å². The van der Waals surface area contributed by atoms with Gasteiger partial charge in [-0.15, -0.1) is 0 Å². The van der Waals surface area contributed by atoms with Crippen molar-refractivity contribution in [3.63, 3.8) is 0 Å². The number of hydrogen-bond acceptors (Lipinski definition) is 3. The molecule has 0 unspecified atom stereocenters. The average molecular weight is 283 g/mol. The van der Waals surface area contributed by atoms with Crippen molar-refractivity contribution in [1.82, 2.24) is 16.2 Å². The molecule has 0 atom stereocenters. The van der Waals surface area contributed by atoms with Crippen LogP contribution in [0.5, 0.6) is 0 Å². The third kappa shape index (κ3) is 2.91. The molecule has 1 amide bonds. The standard InChI is InChI=1S/C17H21N3O/c1-18-17(21)14-10-13-4-2-3-5-15(13)16(11-14)12-6-8-19-20-9-7-12/h2-5,10-12,19-20H,6-9H2,1H3,(H,18,21). The van der Waals surface area contributed by atoms with Crippen LogP contribution in [0.1, 0.15) is 34.7 Å². The van der Waals surface area contributed by atoms with Crippen LogP contribution in [-0.4, -0.2) is 26.0 Å². The van der Waals surface area contributed by atoms with Crippen LogP contribution < -0.4 is 16.2 Å². The van der Waals surface area contributed by atoms with Crippen LogP contribution >= 0.6 is 0 Å². The molecule has 1 aliphatic rings. The predicted octanol–water partition coefficient (Wildman–Crippen LogP) is 2.17. The van der Waals surface area contributed by atoms with E-state index in [9.17, 15) is 4.79 Å². The largest absolute Gasteiger partial charge is 0.355 e. The molecular weight excluding hydrogens is 262 g/mol. The summed E-state index contributed by atoms with van der Waals surface area (Å²) in [4.78, 5) is 12.0. The Morgan fingerprint density at radius 2 is 1.86 bits per heavy atom. The van der Waals surface area contributed by atoms with E-state index < -0.39 is 0 Å². The highest BCUT2D eigenvalue weighted by Crippen LogP contribution is 2.31. The maximum absolute atomic E-state index is 12.0. The maximum atomic E-state index is 12.0. The van der Waals surface area contributed by atoms with Gasteiger partial charge in [0.15, 0.2) is 0 Å². The number of hydrazine groups is 1. The number of hydrogen-bond donors (Lipinski definition) is 3. The van der Waals surface area contributed by atoms with E-state index in [0.29, 0.717) is 5.92 Å². The topological polar surface area (TPSA) is 53.2 Å². The van der Waals surface area contributed by atoms with E-state index in [2.05, 4.69) is 40.4 Å². The van der Waals surface area contributed by atoms with Crippen LogP contribution in [0.3, 0.4) is 0 Å². The zero-order chi connectivity index (χ0) is 14.7. The minimum atomic E-state index is -0.0214. The van der Waals surface area contributed by atoms with Crippen molar-refractivity contribution in [3.8, 4) is 0 Å². The first kappa shape index (κ1) is 14.0. The van der Waals surface area contributed by atoms with Gasteiger partial charge in [0.1, 0.15) is 0 Å². The lowest BCUT2D eigenvalue weighted by Gasteiger charge is -2.18. The molecule has 3 N–H and O–H groups in total. The summed E-state index contributed by atoms with van der Waals surface area (Å²) in [6, 6.07) is 12.4. The Kier molecular flexibility index (Phi) is 4.18. The smallest absolute Gasteiger partial charge is 0.251 e. The summed E-state index contributed by atoms with van der Waals surface area (Å²) >= 11 is 0. The highest BCUT2D eigenvalue weighted by Gasteiger charge is 2.18. The molecular formula is C17H21N3O. The van der Waals surface area contributed by atoms with Crippen LogP contribution in [0.15, 0.2) is 36.4 Å². The molecule has 0 radical (unpaired) electrons. The van der Waals surface area contributed by atoms with Gasteiger partial charge in [0.25, 0.3) is 5.91 Å². The van der Waals surface area contributed by atoms with Crippen molar-refractivity contribution in [2.75, 3.05) is 20.1 Å². The molecule has 4 heteroatoms. The van der Waals surface area contributed by atoms with Gasteiger partial charge in [-0.25, -0.2) is 0 Å². The highest BCUT2D eigenvalue weighted by molar-refractivity contribution is 5.99. The van der Waals surface area contributed by atoms with Gasteiger partial charge in [-0.1, -0.05) is 24.3 Å². The number of carbonyl (C=O) groups is 1. The minimum Gasteiger partial charge on any atom is -0.355 e. The third-order valence-electron chi connectivity index (χ3n) is 4.18. The van der Waals surface area contributed by atoms with E-state index in [-0.39, 0.29) is 5.91 Å². The van der Waals surface area contributed by atoms with Crippen molar-refractivity contribution in [1.29, 1.82) is 0 Å². The van der Waals surface area contributed by atoms with Gasteiger partial charge in [-0.2, -0.15) is 0 Å². The fourth-order valence-electron chi connectivity index (χ4n) is 3.08. The monoisotopic (exact) mass is 283 g/mol. The predicted molar refractivity (Wildman–Crippen MR) is 85.3 cm³/mol. The lowest BCUT2D eigenvalue weighted by Crippen LogP contribution is -2.30. The number of nitrogens with one attached hydrogen (secondary N) is 3. The second kappa shape index (κ2) is 6.24. The summed E-state index contributed by atoms with van der Waals surface area (Å²) < 4.78 is 0. The second-order valence-corrected chi connectivity index (χ2v) is 5.49. The molecule has 0 spiro atoms. The summed E-state index contributed by atoms with van der Waals surface area (Å²) in [6.07, 6.45) is 2.16. The molecule has 1 fully saturated rings. The van der Waals surface area contributed by atoms with Gasteiger partial charge in [0.05, 0.1) is 0 Å². The van der Waals surface area contributed by atoms with Gasteiger partial charge in [0, 0.05) is 25.7 Å². The van der Waals surface area contributed by atoms with Crippen LogP contribution in [0.4, 0.5) is 0 Å². The van der Waals surface area contributed by atoms with E-state index in [1.807, 2.05) is 12.1 Å². The summed E-state index contributed by atoms with van der Waals surface area (Å²) in [6.45, 7) is 1.90. The van der Waals surface area contributed by atoms with E-state index >= 15 is 0 Å². The average Bonchev–Trinajstić information content (AvgIpc) is 2.82. The van der Waals surface area contributed by atoms with E-state index in [1.54, 1.807) is 7.05 Å². The van der Waals surface area contributed by atoms with E-state index in [1.165, 1.54) is 10.9 Å². The molecule has 0 aromatic heterocycles. The molecule has 2 aromatic carbocycles. The molecule has 21 heavy (non-hydrogen) atoms. The van der Waals surface area contributed by atoms with Crippen molar-refractivity contribution in [3.05, 3.63) is 47.5 Å². The summed E-state index contributed by atoms with van der Waals surface area (Å²) in [5.41, 5.74) is 8.46. The first-order valence-corrected chi connectivity index (χ1v) is 7.50. The van der Waals surface area contributed by atoms with Gasteiger partial charge >= 0.3 is 0 Å². The first-order valence-electron chi connectivity index (χ1n) is 7.50. The van der Waals surface area contributed by atoms with Crippen molar-refractivity contribution < 1.29 is 4.79 Å². The zero-order valence-corrected chi connectivity index (χ0v) is 12.3. The molecule has 0 bridgehead atoms. The van der Waals surface area contributed by atoms with Crippen LogP contribution in [0.25, 0.3) is 10.8 Å². The Morgan fingerprint density at radius 1 is 1.14 bits per heavy atom. The molecule has 3 rings (SSSR count). The Balaban J connectivity index is 2.11. The molecule has 0 saturated carbocycles. The molecule has 110 valence electrons. The Labute approximate surface area is 124 Å². The van der Waals surface area contributed by atoms with Crippen LogP contribution in [0, 0.1) is 0 Å². The molecule has 4 nitrogen and oxygen atoms in total. The van der Waals surface area contributed by atoms with Gasteiger partial charge in [-0.05, 0) is 47.2 Å². The number of carbonyl (C=O) groups excluding carboxylic acids is 1. The Morgan fingerprint density at radius 3 is 2.57 bits per heavy atom. The maximum Gasteiger partial charge on any atom is 0.251 e. The molecule has 2 aromatic rings. The normalized spacial score (nSPS) is 16.6. The number of amides is 1. The molecule has 1 aliphatic heterocycles. The summed E-state index contributed by atoms with van der Waals surface area (Å²) in [7, 11) is 1.68. The molecule has 1 saturated heterocycles. The number of rotatable bonds is 2. The van der Waals surface area contributed by atoms with Crippen molar-refractivity contribution in [2.24, 2.45) is 0 Å². The van der Waals surface area contributed by atoms with Crippen molar-refractivity contribution >= 4 is 16.7 Å². The summed E-state index contributed by atoms with van der Waals surface area (Å²) in [5.74, 6) is 0.453. The third-order valence-corrected chi connectivity index (χ3v) is 4.18. The first-order chi connectivity index (χ1) is 10.3. The number of fused-ring (bicyclic) bond motifs is 1. The minimum absolute atomic E-state index is 0.0214. The zero-order valence-electron chi connectivity index (χ0n) is 12.3. The van der Waals surface area contributed by atoms with Crippen molar-refractivity contribution in [2.45, 2.75) is 18.8 Å². The molecule has 1 heterocycles. The second-order valence-electron chi connectivity index (χ2n) is 5.49. The van der Waals surface area contributed by atoms with E-state index in [0.717, 1.165) is 36.9 Å². The quantitative estimate of drug-likeness (QED) is 0.792. The SMILES string of the molecule is CNC(=O)c1cc(C2CCNNCC2)c2ccccc2c1. The lowest BCUT2D eigenvalue weighted by atomic mass is 9.87. The lowest BCUT2D eigenvalue weighted by molar-refractivity contribution is 0.0963. The highest BCUT2D eigenvalue weighted by atomic mass is 16.1. The van der Waals surface area contributed by atoms with Gasteiger partial charge < -0.3 is 5.32 Å². The Bertz CT molecular complexity index is 646. The van der Waals surface area contributed by atoms with Crippen LogP contribution in [0.2, 0.25) is 0 Å². The Hall–Kier alpha value is -1.91. The van der Waals surface area contributed by atoms with Gasteiger partial charge in [-0.3, -0.25) is 15.6 Å². The summed E-state index contributed by atoms with van der Waals surface area (Å²) in [5, 5.41) is 5.12.